The smallest absolute Gasteiger partial charge is 0.254 e. The van der Waals surface area contributed by atoms with E-state index in [4.69, 9.17) is 4.74 Å². The third-order valence-corrected chi connectivity index (χ3v) is 4.90. The fourth-order valence-corrected chi connectivity index (χ4v) is 3.53. The first-order valence-corrected chi connectivity index (χ1v) is 7.56. The van der Waals surface area contributed by atoms with Crippen molar-refractivity contribution < 1.29 is 19.0 Å². The zero-order valence-corrected chi connectivity index (χ0v) is 12.6. The van der Waals surface area contributed by atoms with E-state index in [1.807, 2.05) is 0 Å². The van der Waals surface area contributed by atoms with E-state index in [9.17, 15) is 14.3 Å². The van der Waals surface area contributed by atoms with E-state index in [1.165, 1.54) is 12.1 Å². The van der Waals surface area contributed by atoms with Crippen LogP contribution in [0.15, 0.2) is 47.4 Å². The number of halogens is 1. The maximum absolute atomic E-state index is 14.0. The van der Waals surface area contributed by atoms with Gasteiger partial charge in [-0.3, -0.25) is 4.79 Å². The molecule has 0 saturated heterocycles. The molecule has 0 fully saturated rings. The minimum Gasteiger partial charge on any atom is -0.497 e. The lowest BCUT2D eigenvalue weighted by Gasteiger charge is -2.19. The molecule has 1 aliphatic rings. The maximum Gasteiger partial charge on any atom is 0.254 e. The molecule has 2 aromatic rings. The Morgan fingerprint density at radius 1 is 1.23 bits per heavy atom. The van der Waals surface area contributed by atoms with Crippen LogP contribution in [0.5, 0.6) is 5.75 Å². The lowest BCUT2D eigenvalue weighted by molar-refractivity contribution is -0.124. The highest BCUT2D eigenvalue weighted by molar-refractivity contribution is 7.99. The number of ether oxygens (including phenoxy) is 1. The number of methoxy groups -OCH3 is 1. The van der Waals surface area contributed by atoms with Crippen molar-refractivity contribution in [3.63, 3.8) is 0 Å². The molecule has 1 amide bonds. The van der Waals surface area contributed by atoms with E-state index in [1.54, 1.807) is 37.4 Å². The van der Waals surface area contributed by atoms with Crippen molar-refractivity contribution in [3.8, 4) is 5.75 Å². The first kappa shape index (κ1) is 14.9. The standard InChI is InChI=1S/C16H14FNO3S/c1-21-10-7-5-9(6-8-10)14-13(19)16(20)18-12-4-2-3-11(17)15(12)22-14/h2-8,13-14,19H,1H3,(H,18,20)/t13-,14+/m1/s1. The van der Waals surface area contributed by atoms with Crippen molar-refractivity contribution in [3.05, 3.63) is 53.8 Å². The number of carbonyl (C=O) groups excluding carboxylic acids is 1. The number of amides is 1. The summed E-state index contributed by atoms with van der Waals surface area (Å²) in [5.41, 5.74) is 1.11. The van der Waals surface area contributed by atoms with Gasteiger partial charge in [0.15, 0.2) is 0 Å². The minimum absolute atomic E-state index is 0.327. The van der Waals surface area contributed by atoms with Gasteiger partial charge in [-0.2, -0.15) is 0 Å². The second kappa shape index (κ2) is 5.98. The van der Waals surface area contributed by atoms with E-state index in [0.717, 1.165) is 17.3 Å². The van der Waals surface area contributed by atoms with Gasteiger partial charge in [0.05, 0.1) is 22.9 Å². The number of anilines is 1. The van der Waals surface area contributed by atoms with Gasteiger partial charge in [-0.25, -0.2) is 4.39 Å². The van der Waals surface area contributed by atoms with Gasteiger partial charge in [0.25, 0.3) is 5.91 Å². The number of hydrogen-bond acceptors (Lipinski definition) is 4. The summed E-state index contributed by atoms with van der Waals surface area (Å²) in [5.74, 6) is -0.291. The topological polar surface area (TPSA) is 58.6 Å². The molecular weight excluding hydrogens is 305 g/mol. The third kappa shape index (κ3) is 2.67. The molecule has 0 unspecified atom stereocenters. The Hall–Kier alpha value is -2.05. The Balaban J connectivity index is 2.02. The molecule has 2 N–H and O–H groups in total. The summed E-state index contributed by atoms with van der Waals surface area (Å²) in [7, 11) is 1.56. The fraction of sp³-hybridized carbons (Fsp3) is 0.188. The molecule has 3 rings (SSSR count). The lowest BCUT2D eigenvalue weighted by Crippen LogP contribution is -2.30. The summed E-state index contributed by atoms with van der Waals surface area (Å²) in [4.78, 5) is 12.4. The number of thioether (sulfide) groups is 1. The number of aliphatic hydroxyl groups is 1. The zero-order chi connectivity index (χ0) is 15.7. The van der Waals surface area contributed by atoms with Crippen molar-refractivity contribution in [1.82, 2.24) is 0 Å². The quantitative estimate of drug-likeness (QED) is 0.893. The van der Waals surface area contributed by atoms with Crippen molar-refractivity contribution in [2.75, 3.05) is 12.4 Å². The Morgan fingerprint density at radius 2 is 1.95 bits per heavy atom. The number of benzene rings is 2. The van der Waals surface area contributed by atoms with Crippen molar-refractivity contribution in [2.24, 2.45) is 0 Å². The minimum atomic E-state index is -1.27. The predicted molar refractivity (Wildman–Crippen MR) is 82.6 cm³/mol. The second-order valence-corrected chi connectivity index (χ2v) is 6.01. The highest BCUT2D eigenvalue weighted by Crippen LogP contribution is 2.45. The largest absolute Gasteiger partial charge is 0.497 e. The van der Waals surface area contributed by atoms with Gasteiger partial charge < -0.3 is 15.2 Å². The molecular formula is C16H14FNO3S. The molecule has 22 heavy (non-hydrogen) atoms. The van der Waals surface area contributed by atoms with Crippen LogP contribution in [0.1, 0.15) is 10.8 Å². The molecule has 6 heteroatoms. The van der Waals surface area contributed by atoms with Crippen molar-refractivity contribution in [1.29, 1.82) is 0 Å². The van der Waals surface area contributed by atoms with Crippen LogP contribution < -0.4 is 10.1 Å². The molecule has 1 aliphatic heterocycles. The van der Waals surface area contributed by atoms with E-state index >= 15 is 0 Å². The van der Waals surface area contributed by atoms with Crippen LogP contribution in [0.2, 0.25) is 0 Å². The van der Waals surface area contributed by atoms with Gasteiger partial charge in [-0.1, -0.05) is 18.2 Å². The van der Waals surface area contributed by atoms with E-state index in [2.05, 4.69) is 5.32 Å². The Morgan fingerprint density at radius 3 is 2.64 bits per heavy atom. The van der Waals surface area contributed by atoms with E-state index < -0.39 is 23.1 Å². The average Bonchev–Trinajstić information content (AvgIpc) is 2.66. The number of fused-ring (bicyclic) bond motifs is 1. The third-order valence-electron chi connectivity index (χ3n) is 3.47. The number of nitrogens with one attached hydrogen (secondary N) is 1. The molecule has 0 saturated carbocycles. The van der Waals surface area contributed by atoms with Crippen LogP contribution in [-0.2, 0) is 4.79 Å². The molecule has 2 atom stereocenters. The highest BCUT2D eigenvalue weighted by atomic mass is 32.2. The van der Waals surface area contributed by atoms with E-state index in [0.29, 0.717) is 16.3 Å². The molecule has 114 valence electrons. The zero-order valence-electron chi connectivity index (χ0n) is 11.7. The molecule has 1 heterocycles. The maximum atomic E-state index is 14.0. The predicted octanol–water partition coefficient (Wildman–Crippen LogP) is 2.98. The first-order chi connectivity index (χ1) is 10.6. The normalized spacial score (nSPS) is 20.8. The highest BCUT2D eigenvalue weighted by Gasteiger charge is 2.33. The summed E-state index contributed by atoms with van der Waals surface area (Å²) in [5, 5.41) is 12.2. The number of hydrogen-bond donors (Lipinski definition) is 2. The van der Waals surface area contributed by atoms with Crippen LogP contribution in [0.4, 0.5) is 10.1 Å². The van der Waals surface area contributed by atoms with Crippen molar-refractivity contribution in [2.45, 2.75) is 16.2 Å². The van der Waals surface area contributed by atoms with Gasteiger partial charge in [-0.05, 0) is 29.8 Å². The van der Waals surface area contributed by atoms with Crippen LogP contribution >= 0.6 is 11.8 Å². The van der Waals surface area contributed by atoms with Crippen LogP contribution in [0.3, 0.4) is 0 Å². The summed E-state index contributed by atoms with van der Waals surface area (Å²) in [6, 6.07) is 11.5. The molecule has 0 aliphatic carbocycles. The summed E-state index contributed by atoms with van der Waals surface area (Å²) < 4.78 is 19.1. The monoisotopic (exact) mass is 319 g/mol. The molecule has 0 aromatic heterocycles. The molecule has 0 spiro atoms. The lowest BCUT2D eigenvalue weighted by atomic mass is 10.1. The van der Waals surface area contributed by atoms with Gasteiger partial charge in [0.1, 0.15) is 17.7 Å². The van der Waals surface area contributed by atoms with Crippen LogP contribution in [-0.4, -0.2) is 24.2 Å². The Kier molecular flexibility index (Phi) is 4.04. The molecule has 2 aromatic carbocycles. The molecule has 4 nitrogen and oxygen atoms in total. The Labute approximate surface area is 131 Å². The van der Waals surface area contributed by atoms with Crippen LogP contribution in [0.25, 0.3) is 0 Å². The Bertz CT molecular complexity index is 705. The summed E-state index contributed by atoms with van der Waals surface area (Å²) in [6.45, 7) is 0. The van der Waals surface area contributed by atoms with Gasteiger partial charge in [0, 0.05) is 0 Å². The molecule has 0 radical (unpaired) electrons. The number of carbonyl (C=O) groups is 1. The van der Waals surface area contributed by atoms with Crippen LogP contribution in [0, 0.1) is 5.82 Å². The summed E-state index contributed by atoms with van der Waals surface area (Å²) in [6.07, 6.45) is -1.27. The van der Waals surface area contributed by atoms with E-state index in [-0.39, 0.29) is 0 Å². The molecule has 0 bridgehead atoms. The van der Waals surface area contributed by atoms with Gasteiger partial charge >= 0.3 is 0 Å². The first-order valence-electron chi connectivity index (χ1n) is 6.68. The SMILES string of the molecule is COc1ccc([C@@H]2Sc3c(F)cccc3NC(=O)[C@@H]2O)cc1. The van der Waals surface area contributed by atoms with Gasteiger partial charge in [-0.15, -0.1) is 11.8 Å². The summed E-state index contributed by atoms with van der Waals surface area (Å²) >= 11 is 1.13. The second-order valence-electron chi connectivity index (χ2n) is 4.86. The number of rotatable bonds is 2. The number of aliphatic hydroxyl groups excluding tert-OH is 1. The average molecular weight is 319 g/mol. The van der Waals surface area contributed by atoms with Crippen molar-refractivity contribution >= 4 is 23.4 Å². The fourth-order valence-electron chi connectivity index (χ4n) is 2.31. The van der Waals surface area contributed by atoms with Gasteiger partial charge in [0.2, 0.25) is 0 Å².